The van der Waals surface area contributed by atoms with Gasteiger partial charge in [0.25, 0.3) is 0 Å². The Morgan fingerprint density at radius 1 is 1.18 bits per heavy atom. The summed E-state index contributed by atoms with van der Waals surface area (Å²) in [6, 6.07) is 0. The van der Waals surface area contributed by atoms with Crippen molar-refractivity contribution in [3.63, 3.8) is 0 Å². The lowest BCUT2D eigenvalue weighted by molar-refractivity contribution is -0.284. The van der Waals surface area contributed by atoms with Gasteiger partial charge in [0.15, 0.2) is 0 Å². The Kier molecular flexibility index (Phi) is 4.24. The normalized spacial score (nSPS) is 25.2. The molecule has 0 saturated carbocycles. The zero-order valence-electron chi connectivity index (χ0n) is 8.71. The predicted octanol–water partition coefficient (Wildman–Crippen LogP) is 2.88. The number of epoxide rings is 1. The molecule has 1 aliphatic rings. The molecule has 2 nitrogen and oxygen atoms in total. The largest absolute Gasteiger partial charge is 0.453 e. The summed E-state index contributed by atoms with van der Waals surface area (Å²) < 4.78 is 65.3. The molecule has 0 aromatic heterocycles. The average molecular weight is 258 g/mol. The fraction of sp³-hybridized carbons (Fsp3) is 0.700. The molecule has 1 rings (SSSR count). The molecule has 0 aromatic carbocycles. The summed E-state index contributed by atoms with van der Waals surface area (Å²) in [6.07, 6.45) is -4.38. The second-order valence-corrected chi connectivity index (χ2v) is 3.75. The summed E-state index contributed by atoms with van der Waals surface area (Å²) >= 11 is 0. The van der Waals surface area contributed by atoms with E-state index in [1.54, 1.807) is 0 Å². The Morgan fingerprint density at radius 3 is 2.35 bits per heavy atom. The molecule has 1 saturated heterocycles. The minimum Gasteiger partial charge on any atom is -0.365 e. The molecule has 1 fully saturated rings. The standard InChI is InChI=1S/C10H11F5O2/c11-9(12,10(13,14)15)5-1-3-7-8(17-7)4-2-6-16/h2,4,6-8H,1,3,5H2/b4-2+/t7-,8-/m1/s1. The van der Waals surface area contributed by atoms with Crippen molar-refractivity contribution < 1.29 is 31.5 Å². The van der Waals surface area contributed by atoms with Gasteiger partial charge in [0, 0.05) is 6.42 Å². The Hall–Kier alpha value is -0.980. The Morgan fingerprint density at radius 2 is 1.82 bits per heavy atom. The summed E-state index contributed by atoms with van der Waals surface area (Å²) in [4.78, 5) is 9.93. The van der Waals surface area contributed by atoms with E-state index in [9.17, 15) is 26.7 Å². The van der Waals surface area contributed by atoms with E-state index < -0.39 is 18.5 Å². The third kappa shape index (κ3) is 4.07. The lowest BCUT2D eigenvalue weighted by Crippen LogP contribution is -2.36. The first-order valence-corrected chi connectivity index (χ1v) is 5.00. The highest BCUT2D eigenvalue weighted by Crippen LogP contribution is 2.40. The van der Waals surface area contributed by atoms with Crippen LogP contribution in [0.5, 0.6) is 0 Å². The van der Waals surface area contributed by atoms with Gasteiger partial charge in [0.1, 0.15) is 12.4 Å². The van der Waals surface area contributed by atoms with Crippen LogP contribution in [0.2, 0.25) is 0 Å². The van der Waals surface area contributed by atoms with Crippen LogP contribution in [0, 0.1) is 0 Å². The summed E-state index contributed by atoms with van der Waals surface area (Å²) in [5, 5.41) is 0. The van der Waals surface area contributed by atoms with E-state index in [4.69, 9.17) is 4.74 Å². The second-order valence-electron chi connectivity index (χ2n) is 3.75. The molecule has 0 bridgehead atoms. The van der Waals surface area contributed by atoms with E-state index in [2.05, 4.69) is 0 Å². The van der Waals surface area contributed by atoms with E-state index in [1.807, 2.05) is 0 Å². The van der Waals surface area contributed by atoms with Crippen LogP contribution >= 0.6 is 0 Å². The SMILES string of the molecule is O=C/C=C/[C@H]1O[C@@H]1CCCC(F)(F)C(F)(F)F. The molecule has 7 heteroatoms. The maximum absolute atomic E-state index is 12.5. The van der Waals surface area contributed by atoms with Gasteiger partial charge in [0.2, 0.25) is 0 Å². The smallest absolute Gasteiger partial charge is 0.365 e. The minimum absolute atomic E-state index is 0.125. The van der Waals surface area contributed by atoms with Crippen LogP contribution in [0.25, 0.3) is 0 Å². The molecule has 1 aliphatic heterocycles. The van der Waals surface area contributed by atoms with E-state index >= 15 is 0 Å². The fourth-order valence-corrected chi connectivity index (χ4v) is 1.38. The first-order valence-electron chi connectivity index (χ1n) is 5.00. The molecule has 0 radical (unpaired) electrons. The molecular weight excluding hydrogens is 247 g/mol. The van der Waals surface area contributed by atoms with Gasteiger partial charge in [-0.25, -0.2) is 0 Å². The van der Waals surface area contributed by atoms with Crippen LogP contribution in [0.1, 0.15) is 19.3 Å². The first kappa shape index (κ1) is 14.1. The average Bonchev–Trinajstić information content (AvgIpc) is 2.91. The van der Waals surface area contributed by atoms with Crippen molar-refractivity contribution >= 4 is 6.29 Å². The van der Waals surface area contributed by atoms with Gasteiger partial charge in [-0.1, -0.05) is 6.08 Å². The quantitative estimate of drug-likeness (QED) is 0.317. The lowest BCUT2D eigenvalue weighted by atomic mass is 10.1. The van der Waals surface area contributed by atoms with Gasteiger partial charge in [0.05, 0.1) is 6.10 Å². The molecule has 0 amide bonds. The lowest BCUT2D eigenvalue weighted by Gasteiger charge is -2.18. The van der Waals surface area contributed by atoms with Crippen molar-refractivity contribution in [1.29, 1.82) is 0 Å². The summed E-state index contributed by atoms with van der Waals surface area (Å²) in [5.74, 6) is -4.64. The van der Waals surface area contributed by atoms with Crippen molar-refractivity contribution in [2.45, 2.75) is 43.6 Å². The zero-order chi connectivity index (χ0) is 13.1. The van der Waals surface area contributed by atoms with Gasteiger partial charge >= 0.3 is 12.1 Å². The monoisotopic (exact) mass is 258 g/mol. The Bertz CT molecular complexity index is 298. The molecule has 0 aliphatic carbocycles. The van der Waals surface area contributed by atoms with Gasteiger partial charge in [-0.2, -0.15) is 22.0 Å². The van der Waals surface area contributed by atoms with E-state index in [0.717, 1.165) is 0 Å². The molecular formula is C10H11F5O2. The van der Waals surface area contributed by atoms with Gasteiger partial charge in [-0.05, 0) is 18.9 Å². The molecule has 0 aromatic rings. The molecule has 98 valence electrons. The molecule has 1 heterocycles. The predicted molar refractivity (Wildman–Crippen MR) is 48.7 cm³/mol. The molecule has 0 spiro atoms. The number of carbonyl (C=O) groups excluding carboxylic acids is 1. The number of carbonyl (C=O) groups is 1. The maximum Gasteiger partial charge on any atom is 0.453 e. The number of aldehydes is 1. The van der Waals surface area contributed by atoms with Crippen molar-refractivity contribution in [1.82, 2.24) is 0 Å². The highest BCUT2D eigenvalue weighted by Gasteiger charge is 2.56. The van der Waals surface area contributed by atoms with Crippen LogP contribution in [0.15, 0.2) is 12.2 Å². The number of hydrogen-bond donors (Lipinski definition) is 0. The van der Waals surface area contributed by atoms with Crippen LogP contribution in [0.4, 0.5) is 22.0 Å². The fourth-order valence-electron chi connectivity index (χ4n) is 1.38. The van der Waals surface area contributed by atoms with E-state index in [0.29, 0.717) is 6.29 Å². The number of ether oxygens (including phenoxy) is 1. The third-order valence-electron chi connectivity index (χ3n) is 2.40. The van der Waals surface area contributed by atoms with Crippen molar-refractivity contribution in [2.75, 3.05) is 0 Å². The van der Waals surface area contributed by atoms with Crippen LogP contribution < -0.4 is 0 Å². The van der Waals surface area contributed by atoms with Gasteiger partial charge in [-0.15, -0.1) is 0 Å². The van der Waals surface area contributed by atoms with E-state index in [1.165, 1.54) is 12.2 Å². The second kappa shape index (κ2) is 5.12. The van der Waals surface area contributed by atoms with Gasteiger partial charge < -0.3 is 4.74 Å². The summed E-state index contributed by atoms with van der Waals surface area (Å²) in [5.41, 5.74) is 0. The van der Waals surface area contributed by atoms with E-state index in [-0.39, 0.29) is 25.0 Å². The highest BCUT2D eigenvalue weighted by molar-refractivity contribution is 5.64. The topological polar surface area (TPSA) is 29.6 Å². The number of hydrogen-bond acceptors (Lipinski definition) is 2. The van der Waals surface area contributed by atoms with Crippen LogP contribution in [0.3, 0.4) is 0 Å². The van der Waals surface area contributed by atoms with Crippen molar-refractivity contribution in [3.05, 3.63) is 12.2 Å². The maximum atomic E-state index is 12.5. The Labute approximate surface area is 94.4 Å². The van der Waals surface area contributed by atoms with Crippen molar-refractivity contribution in [3.8, 4) is 0 Å². The van der Waals surface area contributed by atoms with Crippen molar-refractivity contribution in [2.24, 2.45) is 0 Å². The first-order chi connectivity index (χ1) is 7.78. The Balaban J connectivity index is 2.22. The summed E-state index contributed by atoms with van der Waals surface area (Å²) in [6.45, 7) is 0. The molecule has 0 unspecified atom stereocenters. The third-order valence-corrected chi connectivity index (χ3v) is 2.40. The molecule has 17 heavy (non-hydrogen) atoms. The number of rotatable bonds is 6. The molecule has 0 N–H and O–H groups in total. The van der Waals surface area contributed by atoms with Crippen LogP contribution in [-0.2, 0) is 9.53 Å². The number of halogens is 5. The van der Waals surface area contributed by atoms with Gasteiger partial charge in [-0.3, -0.25) is 4.79 Å². The zero-order valence-corrected chi connectivity index (χ0v) is 8.71. The number of alkyl halides is 5. The van der Waals surface area contributed by atoms with Crippen LogP contribution in [-0.4, -0.2) is 30.6 Å². The minimum atomic E-state index is -5.49. The highest BCUT2D eigenvalue weighted by atomic mass is 19.4. The number of allylic oxidation sites excluding steroid dienone is 1. The molecule has 2 atom stereocenters. The summed E-state index contributed by atoms with van der Waals surface area (Å²) in [7, 11) is 0.